The van der Waals surface area contributed by atoms with Crippen molar-refractivity contribution in [2.45, 2.75) is 58.3 Å². The molecule has 1 atom stereocenters. The first kappa shape index (κ1) is 13.6. The van der Waals surface area contributed by atoms with Crippen molar-refractivity contribution in [3.05, 3.63) is 18.2 Å². The SMILES string of the molecule is CC(CNCc1cncn1C(C)C)N(C)C1CC1. The standard InChI is InChI=1S/C14H26N4/c1-11(2)18-10-16-9-14(18)8-15-7-12(3)17(4)13-5-6-13/h9-13,15H,5-8H2,1-4H3. The molecule has 1 heterocycles. The summed E-state index contributed by atoms with van der Waals surface area (Å²) in [5.41, 5.74) is 1.27. The summed E-state index contributed by atoms with van der Waals surface area (Å²) in [5.74, 6) is 0. The first-order chi connectivity index (χ1) is 8.59. The Morgan fingerprint density at radius 2 is 2.17 bits per heavy atom. The van der Waals surface area contributed by atoms with E-state index in [0.29, 0.717) is 12.1 Å². The Balaban J connectivity index is 1.75. The van der Waals surface area contributed by atoms with Crippen molar-refractivity contribution in [1.29, 1.82) is 0 Å². The molecule has 0 bridgehead atoms. The molecule has 1 saturated carbocycles. The quantitative estimate of drug-likeness (QED) is 0.804. The largest absolute Gasteiger partial charge is 0.331 e. The molecule has 1 aliphatic rings. The summed E-state index contributed by atoms with van der Waals surface area (Å²) in [7, 11) is 2.24. The molecule has 1 aliphatic carbocycles. The molecule has 2 rings (SSSR count). The zero-order chi connectivity index (χ0) is 13.1. The van der Waals surface area contributed by atoms with Crippen molar-refractivity contribution < 1.29 is 0 Å². The predicted octanol–water partition coefficient (Wildman–Crippen LogP) is 2.04. The second kappa shape index (κ2) is 5.85. The first-order valence-corrected chi connectivity index (χ1v) is 7.03. The van der Waals surface area contributed by atoms with E-state index in [-0.39, 0.29) is 0 Å². The van der Waals surface area contributed by atoms with E-state index >= 15 is 0 Å². The number of hydrogen-bond acceptors (Lipinski definition) is 3. The summed E-state index contributed by atoms with van der Waals surface area (Å²) in [6, 6.07) is 1.92. The van der Waals surface area contributed by atoms with Gasteiger partial charge in [0, 0.05) is 37.4 Å². The molecule has 4 heteroatoms. The predicted molar refractivity (Wildman–Crippen MR) is 74.6 cm³/mol. The third-order valence-corrected chi connectivity index (χ3v) is 3.87. The van der Waals surface area contributed by atoms with Crippen LogP contribution in [0.15, 0.2) is 12.5 Å². The van der Waals surface area contributed by atoms with Gasteiger partial charge in [-0.1, -0.05) is 0 Å². The molecule has 0 saturated heterocycles. The molecule has 1 fully saturated rings. The summed E-state index contributed by atoms with van der Waals surface area (Å²) in [4.78, 5) is 6.72. The van der Waals surface area contributed by atoms with Crippen molar-refractivity contribution in [3.8, 4) is 0 Å². The second-order valence-corrected chi connectivity index (χ2v) is 5.76. The van der Waals surface area contributed by atoms with Crippen LogP contribution in [0.25, 0.3) is 0 Å². The number of aromatic nitrogens is 2. The van der Waals surface area contributed by atoms with Crippen molar-refractivity contribution in [2.75, 3.05) is 13.6 Å². The highest BCUT2D eigenvalue weighted by Crippen LogP contribution is 2.26. The number of likely N-dealkylation sites (N-methyl/N-ethyl adjacent to an activating group) is 1. The Morgan fingerprint density at radius 3 is 2.78 bits per heavy atom. The van der Waals surface area contributed by atoms with Gasteiger partial charge in [-0.15, -0.1) is 0 Å². The van der Waals surface area contributed by atoms with Gasteiger partial charge in [0.05, 0.1) is 12.0 Å². The molecule has 0 aromatic carbocycles. The normalized spacial score (nSPS) is 17.7. The van der Waals surface area contributed by atoms with E-state index in [9.17, 15) is 0 Å². The van der Waals surface area contributed by atoms with Crippen molar-refractivity contribution in [3.63, 3.8) is 0 Å². The third kappa shape index (κ3) is 3.33. The highest BCUT2D eigenvalue weighted by Gasteiger charge is 2.28. The van der Waals surface area contributed by atoms with Gasteiger partial charge in [-0.25, -0.2) is 4.98 Å². The van der Waals surface area contributed by atoms with Crippen LogP contribution in [0.2, 0.25) is 0 Å². The fourth-order valence-electron chi connectivity index (χ4n) is 2.33. The van der Waals surface area contributed by atoms with E-state index in [1.54, 1.807) is 0 Å². The number of nitrogens with zero attached hydrogens (tertiary/aromatic N) is 3. The molecule has 18 heavy (non-hydrogen) atoms. The van der Waals surface area contributed by atoms with Crippen LogP contribution in [0.3, 0.4) is 0 Å². The Bertz CT molecular complexity index is 368. The lowest BCUT2D eigenvalue weighted by atomic mass is 10.3. The van der Waals surface area contributed by atoms with E-state index < -0.39 is 0 Å². The maximum Gasteiger partial charge on any atom is 0.0951 e. The van der Waals surface area contributed by atoms with Gasteiger partial charge in [0.2, 0.25) is 0 Å². The number of nitrogens with one attached hydrogen (secondary N) is 1. The van der Waals surface area contributed by atoms with E-state index in [1.165, 1.54) is 18.5 Å². The summed E-state index contributed by atoms with van der Waals surface area (Å²) < 4.78 is 2.22. The topological polar surface area (TPSA) is 33.1 Å². The van der Waals surface area contributed by atoms with E-state index in [0.717, 1.165) is 19.1 Å². The molecule has 102 valence electrons. The third-order valence-electron chi connectivity index (χ3n) is 3.87. The van der Waals surface area contributed by atoms with Crippen LogP contribution in [-0.4, -0.2) is 40.1 Å². The van der Waals surface area contributed by atoms with Crippen molar-refractivity contribution >= 4 is 0 Å². The van der Waals surface area contributed by atoms with Gasteiger partial charge in [-0.3, -0.25) is 4.90 Å². The van der Waals surface area contributed by atoms with E-state index in [2.05, 4.69) is 47.6 Å². The molecule has 1 N–H and O–H groups in total. The van der Waals surface area contributed by atoms with Crippen LogP contribution < -0.4 is 5.32 Å². The number of hydrogen-bond donors (Lipinski definition) is 1. The molecule has 1 aromatic rings. The summed E-state index contributed by atoms with van der Waals surface area (Å²) in [6.45, 7) is 8.62. The van der Waals surface area contributed by atoms with Crippen LogP contribution in [-0.2, 0) is 6.54 Å². The van der Waals surface area contributed by atoms with Gasteiger partial charge in [0.25, 0.3) is 0 Å². The van der Waals surface area contributed by atoms with Crippen LogP contribution >= 0.6 is 0 Å². The number of imidazole rings is 1. The lowest BCUT2D eigenvalue weighted by molar-refractivity contribution is 0.240. The number of rotatable bonds is 7. The molecule has 1 unspecified atom stereocenters. The van der Waals surface area contributed by atoms with Crippen LogP contribution in [0.1, 0.15) is 45.3 Å². The minimum Gasteiger partial charge on any atom is -0.331 e. The molecule has 1 aromatic heterocycles. The monoisotopic (exact) mass is 250 g/mol. The summed E-state index contributed by atoms with van der Waals surface area (Å²) >= 11 is 0. The molecular formula is C14H26N4. The van der Waals surface area contributed by atoms with E-state index in [4.69, 9.17) is 0 Å². The molecule has 0 radical (unpaired) electrons. The fourth-order valence-corrected chi connectivity index (χ4v) is 2.33. The van der Waals surface area contributed by atoms with Gasteiger partial charge in [-0.05, 0) is 40.7 Å². The maximum absolute atomic E-state index is 4.23. The zero-order valence-electron chi connectivity index (χ0n) is 12.1. The summed E-state index contributed by atoms with van der Waals surface area (Å²) in [6.07, 6.45) is 6.63. The Kier molecular flexibility index (Phi) is 4.40. The molecule has 0 spiro atoms. The molecule has 4 nitrogen and oxygen atoms in total. The van der Waals surface area contributed by atoms with Gasteiger partial charge >= 0.3 is 0 Å². The second-order valence-electron chi connectivity index (χ2n) is 5.76. The van der Waals surface area contributed by atoms with Crippen LogP contribution in [0.5, 0.6) is 0 Å². The average molecular weight is 250 g/mol. The fraction of sp³-hybridized carbons (Fsp3) is 0.786. The van der Waals surface area contributed by atoms with Gasteiger partial charge < -0.3 is 9.88 Å². The van der Waals surface area contributed by atoms with Gasteiger partial charge in [0.15, 0.2) is 0 Å². The molecule has 0 amide bonds. The lowest BCUT2D eigenvalue weighted by Gasteiger charge is -2.24. The Labute approximate surface area is 110 Å². The molecule has 0 aliphatic heterocycles. The molecular weight excluding hydrogens is 224 g/mol. The maximum atomic E-state index is 4.23. The minimum absolute atomic E-state index is 0.482. The van der Waals surface area contributed by atoms with Gasteiger partial charge in [-0.2, -0.15) is 0 Å². The smallest absolute Gasteiger partial charge is 0.0951 e. The zero-order valence-corrected chi connectivity index (χ0v) is 12.1. The van der Waals surface area contributed by atoms with Crippen molar-refractivity contribution in [1.82, 2.24) is 19.8 Å². The van der Waals surface area contributed by atoms with E-state index in [1.807, 2.05) is 12.5 Å². The Morgan fingerprint density at radius 1 is 1.44 bits per heavy atom. The van der Waals surface area contributed by atoms with Crippen molar-refractivity contribution in [2.24, 2.45) is 0 Å². The minimum atomic E-state index is 0.482. The Hall–Kier alpha value is -0.870. The lowest BCUT2D eigenvalue weighted by Crippen LogP contribution is -2.39. The highest BCUT2D eigenvalue weighted by molar-refractivity contribution is 4.99. The van der Waals surface area contributed by atoms with Gasteiger partial charge in [0.1, 0.15) is 0 Å². The first-order valence-electron chi connectivity index (χ1n) is 7.03. The highest BCUT2D eigenvalue weighted by atomic mass is 15.2. The summed E-state index contributed by atoms with van der Waals surface area (Å²) in [5, 5.41) is 3.54. The average Bonchev–Trinajstić information content (AvgIpc) is 3.07. The van der Waals surface area contributed by atoms with Crippen LogP contribution in [0, 0.1) is 0 Å². The van der Waals surface area contributed by atoms with Crippen LogP contribution in [0.4, 0.5) is 0 Å².